The molecule has 0 fully saturated rings. The predicted octanol–water partition coefficient (Wildman–Crippen LogP) is 3.16. The van der Waals surface area contributed by atoms with Crippen LogP contribution in [-0.4, -0.2) is 16.1 Å². The molecule has 0 aliphatic rings. The largest absolute Gasteiger partial charge is 0.478 e. The van der Waals surface area contributed by atoms with Crippen molar-refractivity contribution >= 4 is 28.9 Å². The van der Waals surface area contributed by atoms with E-state index >= 15 is 0 Å². The Bertz CT molecular complexity index is 496. The predicted molar refractivity (Wildman–Crippen MR) is 59.5 cm³/mol. The van der Waals surface area contributed by atoms with Crippen LogP contribution in [0, 0.1) is 0 Å². The molecule has 15 heavy (non-hydrogen) atoms. The van der Waals surface area contributed by atoms with Gasteiger partial charge in [-0.2, -0.15) is 0 Å². The standard InChI is InChI=1S/C10H6ClNO2S/c11-6-1-2-7(8(3-6)10(13)14)9-4-15-5-12-9/h1-5H,(H,13,14). The van der Waals surface area contributed by atoms with Gasteiger partial charge in [0.05, 0.1) is 16.8 Å². The van der Waals surface area contributed by atoms with Crippen molar-refractivity contribution in [2.75, 3.05) is 0 Å². The average Bonchev–Trinajstić information content (AvgIpc) is 2.70. The Labute approximate surface area is 95.0 Å². The molecule has 1 heterocycles. The number of benzene rings is 1. The molecule has 0 aliphatic carbocycles. The molecular weight excluding hydrogens is 234 g/mol. The van der Waals surface area contributed by atoms with Gasteiger partial charge in [-0.05, 0) is 12.1 Å². The van der Waals surface area contributed by atoms with E-state index in [-0.39, 0.29) is 5.56 Å². The van der Waals surface area contributed by atoms with Gasteiger partial charge in [-0.1, -0.05) is 17.7 Å². The Morgan fingerprint density at radius 3 is 2.87 bits per heavy atom. The summed E-state index contributed by atoms with van der Waals surface area (Å²) in [7, 11) is 0. The van der Waals surface area contributed by atoms with Crippen molar-refractivity contribution in [3.8, 4) is 11.3 Å². The Hall–Kier alpha value is -1.39. The number of nitrogens with zero attached hydrogens (tertiary/aromatic N) is 1. The summed E-state index contributed by atoms with van der Waals surface area (Å²) < 4.78 is 0. The topological polar surface area (TPSA) is 50.2 Å². The number of hydrogen-bond acceptors (Lipinski definition) is 3. The maximum atomic E-state index is 11.0. The lowest BCUT2D eigenvalue weighted by atomic mass is 10.1. The molecule has 0 radical (unpaired) electrons. The highest BCUT2D eigenvalue weighted by atomic mass is 35.5. The molecule has 1 aromatic heterocycles. The van der Waals surface area contributed by atoms with Crippen LogP contribution in [0.2, 0.25) is 5.02 Å². The van der Waals surface area contributed by atoms with Crippen molar-refractivity contribution in [3.63, 3.8) is 0 Å². The summed E-state index contributed by atoms with van der Waals surface area (Å²) in [6.45, 7) is 0. The Kier molecular flexibility index (Phi) is 2.70. The van der Waals surface area contributed by atoms with Gasteiger partial charge in [-0.3, -0.25) is 0 Å². The Balaban J connectivity index is 2.61. The molecule has 0 unspecified atom stereocenters. The first-order chi connectivity index (χ1) is 7.18. The highest BCUT2D eigenvalue weighted by Gasteiger charge is 2.13. The van der Waals surface area contributed by atoms with Crippen LogP contribution in [0.4, 0.5) is 0 Å². The smallest absolute Gasteiger partial charge is 0.336 e. The monoisotopic (exact) mass is 239 g/mol. The number of hydrogen-bond donors (Lipinski definition) is 1. The maximum absolute atomic E-state index is 11.0. The van der Waals surface area contributed by atoms with E-state index < -0.39 is 5.97 Å². The van der Waals surface area contributed by atoms with Crippen molar-refractivity contribution < 1.29 is 9.90 Å². The molecule has 0 spiro atoms. The molecule has 76 valence electrons. The first-order valence-electron chi connectivity index (χ1n) is 4.10. The summed E-state index contributed by atoms with van der Waals surface area (Å²) in [6.07, 6.45) is 0. The number of aromatic nitrogens is 1. The number of thiazole rings is 1. The third-order valence-corrected chi connectivity index (χ3v) is 2.74. The molecule has 0 amide bonds. The first kappa shape index (κ1) is 10.1. The SMILES string of the molecule is O=C(O)c1cc(Cl)ccc1-c1cscn1. The molecule has 2 rings (SSSR count). The van der Waals surface area contributed by atoms with Gasteiger partial charge >= 0.3 is 5.97 Å². The molecule has 0 atom stereocenters. The zero-order valence-corrected chi connectivity index (χ0v) is 9.05. The molecule has 0 saturated heterocycles. The van der Waals surface area contributed by atoms with Crippen molar-refractivity contribution in [2.24, 2.45) is 0 Å². The van der Waals surface area contributed by atoms with E-state index in [2.05, 4.69) is 4.98 Å². The van der Waals surface area contributed by atoms with E-state index in [1.165, 1.54) is 17.4 Å². The zero-order chi connectivity index (χ0) is 10.8. The minimum Gasteiger partial charge on any atom is -0.478 e. The van der Waals surface area contributed by atoms with Gasteiger partial charge in [-0.25, -0.2) is 9.78 Å². The highest BCUT2D eigenvalue weighted by molar-refractivity contribution is 7.07. The van der Waals surface area contributed by atoms with Crippen LogP contribution in [0.3, 0.4) is 0 Å². The minimum absolute atomic E-state index is 0.174. The zero-order valence-electron chi connectivity index (χ0n) is 7.48. The average molecular weight is 240 g/mol. The van der Waals surface area contributed by atoms with Crippen LogP contribution >= 0.6 is 22.9 Å². The minimum atomic E-state index is -1.000. The number of carboxylic acid groups (broad SMARTS) is 1. The summed E-state index contributed by atoms with van der Waals surface area (Å²) in [4.78, 5) is 15.1. The van der Waals surface area contributed by atoms with Gasteiger partial charge in [0.2, 0.25) is 0 Å². The molecule has 3 nitrogen and oxygen atoms in total. The number of aromatic carboxylic acids is 1. The molecule has 5 heteroatoms. The summed E-state index contributed by atoms with van der Waals surface area (Å²) in [5, 5.41) is 11.2. The number of rotatable bonds is 2. The third kappa shape index (κ3) is 2.00. The molecular formula is C10H6ClNO2S. The number of carboxylic acids is 1. The van der Waals surface area contributed by atoms with Gasteiger partial charge in [-0.15, -0.1) is 11.3 Å². The summed E-state index contributed by atoms with van der Waals surface area (Å²) >= 11 is 7.16. The fourth-order valence-corrected chi connectivity index (χ4v) is 1.99. The number of halogens is 1. The van der Waals surface area contributed by atoms with E-state index in [0.717, 1.165) is 0 Å². The second-order valence-electron chi connectivity index (χ2n) is 2.87. The van der Waals surface area contributed by atoms with Crippen LogP contribution < -0.4 is 0 Å². The molecule has 1 N–H and O–H groups in total. The molecule has 1 aromatic carbocycles. The quantitative estimate of drug-likeness (QED) is 0.876. The van der Waals surface area contributed by atoms with Gasteiger partial charge in [0.15, 0.2) is 0 Å². The fraction of sp³-hybridized carbons (Fsp3) is 0. The normalized spacial score (nSPS) is 10.2. The van der Waals surface area contributed by atoms with Crippen LogP contribution in [0.5, 0.6) is 0 Å². The van der Waals surface area contributed by atoms with E-state index in [9.17, 15) is 4.79 Å². The van der Waals surface area contributed by atoms with Crippen molar-refractivity contribution in [3.05, 3.63) is 39.7 Å². The maximum Gasteiger partial charge on any atom is 0.336 e. The van der Waals surface area contributed by atoms with Crippen LogP contribution in [0.15, 0.2) is 29.1 Å². The molecule has 0 aliphatic heterocycles. The summed E-state index contributed by atoms with van der Waals surface area (Å²) in [6, 6.07) is 4.75. The van der Waals surface area contributed by atoms with Crippen LogP contribution in [-0.2, 0) is 0 Å². The van der Waals surface area contributed by atoms with Crippen molar-refractivity contribution in [2.45, 2.75) is 0 Å². The van der Waals surface area contributed by atoms with Gasteiger partial charge < -0.3 is 5.11 Å². The van der Waals surface area contributed by atoms with Crippen LogP contribution in [0.25, 0.3) is 11.3 Å². The lowest BCUT2D eigenvalue weighted by molar-refractivity contribution is 0.0697. The van der Waals surface area contributed by atoms with Gasteiger partial charge in [0.1, 0.15) is 0 Å². The molecule has 0 saturated carbocycles. The molecule has 2 aromatic rings. The summed E-state index contributed by atoms with van der Waals surface area (Å²) in [5.41, 5.74) is 3.09. The van der Waals surface area contributed by atoms with E-state index in [1.807, 2.05) is 0 Å². The number of carbonyl (C=O) groups is 1. The fourth-order valence-electron chi connectivity index (χ4n) is 1.26. The van der Waals surface area contributed by atoms with Crippen molar-refractivity contribution in [1.29, 1.82) is 0 Å². The van der Waals surface area contributed by atoms with Crippen LogP contribution in [0.1, 0.15) is 10.4 Å². The van der Waals surface area contributed by atoms with E-state index in [0.29, 0.717) is 16.3 Å². The van der Waals surface area contributed by atoms with Gasteiger partial charge in [0.25, 0.3) is 0 Å². The molecule has 0 bridgehead atoms. The second kappa shape index (κ2) is 4.00. The third-order valence-electron chi connectivity index (χ3n) is 1.92. The van der Waals surface area contributed by atoms with Gasteiger partial charge in [0, 0.05) is 16.0 Å². The summed E-state index contributed by atoms with van der Waals surface area (Å²) in [5.74, 6) is -1.000. The lowest BCUT2D eigenvalue weighted by Crippen LogP contribution is -1.99. The van der Waals surface area contributed by atoms with E-state index in [1.54, 1.807) is 23.0 Å². The van der Waals surface area contributed by atoms with Crippen molar-refractivity contribution in [1.82, 2.24) is 4.98 Å². The second-order valence-corrected chi connectivity index (χ2v) is 4.02. The highest BCUT2D eigenvalue weighted by Crippen LogP contribution is 2.26. The van der Waals surface area contributed by atoms with E-state index in [4.69, 9.17) is 16.7 Å². The first-order valence-corrected chi connectivity index (χ1v) is 5.42. The lowest BCUT2D eigenvalue weighted by Gasteiger charge is -2.03. The Morgan fingerprint density at radius 1 is 1.47 bits per heavy atom. The Morgan fingerprint density at radius 2 is 2.27 bits per heavy atom.